The molecule has 2 saturated heterocycles. The number of fused-ring (bicyclic) bond motifs is 1. The molecule has 272 valence electrons. The maximum atomic E-state index is 12.5. The highest BCUT2D eigenvalue weighted by atomic mass is 16.7. The lowest BCUT2D eigenvalue weighted by atomic mass is 9.99. The zero-order chi connectivity index (χ0) is 36.2. The number of carbonyl (C=O) groups excluding carboxylic acids is 2. The van der Waals surface area contributed by atoms with Crippen LogP contribution in [0.15, 0.2) is 78.2 Å². The summed E-state index contributed by atoms with van der Waals surface area (Å²) in [5.74, 6) is -1.24. The van der Waals surface area contributed by atoms with E-state index in [2.05, 4.69) is 21.9 Å². The number of esters is 2. The van der Waals surface area contributed by atoms with E-state index in [9.17, 15) is 34.8 Å². The quantitative estimate of drug-likeness (QED) is 0.0758. The molecule has 0 saturated carbocycles. The SMILES string of the molecule is CCC/C=C/C=C/C(=O)O[C@@H](C)/C=C\C/C=C/C=C/C(=O)O[C@H]1[C@@H](O)[C@H](O)[C@H](O[C@@H]2[C@H](O)[C@@H](CO)O[C@H]2n2cnc3c(=O)[nH]cnc32)O[C@H]1C. The van der Waals surface area contributed by atoms with Gasteiger partial charge in [-0.05, 0) is 32.8 Å². The van der Waals surface area contributed by atoms with Gasteiger partial charge in [-0.25, -0.2) is 19.6 Å². The number of aliphatic hydroxyl groups excluding tert-OH is 4. The van der Waals surface area contributed by atoms with Gasteiger partial charge in [0.25, 0.3) is 5.56 Å². The number of ether oxygens (including phenoxy) is 5. The van der Waals surface area contributed by atoms with Gasteiger partial charge < -0.3 is 49.1 Å². The van der Waals surface area contributed by atoms with Crippen LogP contribution >= 0.6 is 0 Å². The fourth-order valence-electron chi connectivity index (χ4n) is 5.28. The molecule has 10 atom stereocenters. The number of nitrogens with zero attached hydrogens (tertiary/aromatic N) is 3. The normalized spacial score (nSPS) is 29.7. The predicted molar refractivity (Wildman–Crippen MR) is 177 cm³/mol. The molecule has 50 heavy (non-hydrogen) atoms. The molecule has 0 radical (unpaired) electrons. The Hall–Kier alpha value is -4.29. The van der Waals surface area contributed by atoms with Crippen LogP contribution in [0.5, 0.6) is 0 Å². The average Bonchev–Trinajstić information content (AvgIpc) is 3.66. The Kier molecular flexibility index (Phi) is 14.4. The molecule has 0 aliphatic carbocycles. The first-order valence-corrected chi connectivity index (χ1v) is 16.3. The van der Waals surface area contributed by atoms with Crippen molar-refractivity contribution in [3.63, 3.8) is 0 Å². The zero-order valence-electron chi connectivity index (χ0n) is 27.9. The number of aliphatic hydroxyl groups is 4. The van der Waals surface area contributed by atoms with E-state index in [1.807, 2.05) is 6.08 Å². The van der Waals surface area contributed by atoms with E-state index in [1.165, 1.54) is 36.3 Å². The van der Waals surface area contributed by atoms with Crippen molar-refractivity contribution in [1.29, 1.82) is 0 Å². The fraction of sp³-hybridized carbons (Fsp3) is 0.500. The van der Waals surface area contributed by atoms with Crippen molar-refractivity contribution in [2.75, 3.05) is 6.61 Å². The van der Waals surface area contributed by atoms with Crippen LogP contribution < -0.4 is 5.56 Å². The molecule has 5 N–H and O–H groups in total. The molecule has 2 aromatic heterocycles. The zero-order valence-corrected chi connectivity index (χ0v) is 27.9. The van der Waals surface area contributed by atoms with Crippen LogP contribution in [-0.4, -0.2) is 114 Å². The van der Waals surface area contributed by atoms with Gasteiger partial charge in [0.1, 0.15) is 36.6 Å². The van der Waals surface area contributed by atoms with Crippen molar-refractivity contribution in [3.05, 3.63) is 83.8 Å². The van der Waals surface area contributed by atoms with E-state index < -0.39 is 85.5 Å². The summed E-state index contributed by atoms with van der Waals surface area (Å²) in [6, 6.07) is 0. The number of rotatable bonds is 15. The third-order valence-corrected chi connectivity index (χ3v) is 7.85. The Balaban J connectivity index is 1.27. The van der Waals surface area contributed by atoms with Crippen LogP contribution in [0.4, 0.5) is 0 Å². The van der Waals surface area contributed by atoms with E-state index in [0.29, 0.717) is 6.42 Å². The summed E-state index contributed by atoms with van der Waals surface area (Å²) in [7, 11) is 0. The number of allylic oxidation sites excluding steroid dienone is 7. The first-order chi connectivity index (χ1) is 24.0. The molecule has 0 amide bonds. The Bertz CT molecular complexity index is 1630. The van der Waals surface area contributed by atoms with Gasteiger partial charge in [0, 0.05) is 12.2 Å². The lowest BCUT2D eigenvalue weighted by Crippen LogP contribution is -2.59. The van der Waals surface area contributed by atoms with Crippen LogP contribution in [0.3, 0.4) is 0 Å². The Morgan fingerprint density at radius 1 is 1.00 bits per heavy atom. The minimum absolute atomic E-state index is 0.00465. The molecule has 2 fully saturated rings. The monoisotopic (exact) mass is 700 g/mol. The standard InChI is InChI=1S/C34H44N4O12/c1-4-5-6-8-12-15-23(40)46-20(2)14-11-9-7-10-13-16-24(41)49-29-21(3)47-34(28(44)27(29)43)50-30-26(42)22(17-39)48-33(30)38-19-37-25-31(38)35-18-36-32(25)45/h6-8,10-16,18-22,26-30,33-34,39,42-44H,4-5,9,17H2,1-3H3,(H,35,36,45)/b8-6+,10-7+,14-11-,15-12+,16-13+/t20-,21-,22+,26+,27-,28-,29+,30+,33+,34-/m0/s1. The first-order valence-electron chi connectivity index (χ1n) is 16.3. The van der Waals surface area contributed by atoms with Crippen LogP contribution in [0.1, 0.15) is 46.3 Å². The van der Waals surface area contributed by atoms with E-state index >= 15 is 0 Å². The average molecular weight is 701 g/mol. The van der Waals surface area contributed by atoms with Gasteiger partial charge in [0.2, 0.25) is 0 Å². The van der Waals surface area contributed by atoms with Gasteiger partial charge in [-0.1, -0.05) is 55.9 Å². The minimum atomic E-state index is -1.72. The second kappa shape index (κ2) is 18.6. The molecule has 4 rings (SSSR count). The Morgan fingerprint density at radius 2 is 1.74 bits per heavy atom. The first kappa shape index (κ1) is 38.5. The highest BCUT2D eigenvalue weighted by Gasteiger charge is 2.51. The maximum Gasteiger partial charge on any atom is 0.331 e. The maximum absolute atomic E-state index is 12.5. The van der Waals surface area contributed by atoms with Crippen molar-refractivity contribution < 1.29 is 53.7 Å². The largest absolute Gasteiger partial charge is 0.455 e. The van der Waals surface area contributed by atoms with Crippen molar-refractivity contribution in [3.8, 4) is 0 Å². The molecular formula is C34H44N4O12. The number of hydrogen-bond donors (Lipinski definition) is 5. The van der Waals surface area contributed by atoms with E-state index in [1.54, 1.807) is 43.4 Å². The van der Waals surface area contributed by atoms with Crippen LogP contribution in [-0.2, 0) is 33.3 Å². The van der Waals surface area contributed by atoms with Crippen molar-refractivity contribution in [2.24, 2.45) is 0 Å². The van der Waals surface area contributed by atoms with Crippen molar-refractivity contribution in [2.45, 2.75) is 101 Å². The van der Waals surface area contributed by atoms with Gasteiger partial charge in [-0.15, -0.1) is 0 Å². The third kappa shape index (κ3) is 9.91. The summed E-state index contributed by atoms with van der Waals surface area (Å²) in [6.45, 7) is 4.74. The molecule has 0 aromatic carbocycles. The molecule has 0 unspecified atom stereocenters. The number of aromatic nitrogens is 4. The summed E-state index contributed by atoms with van der Waals surface area (Å²) in [5, 5.41) is 42.4. The van der Waals surface area contributed by atoms with Gasteiger partial charge in [-0.3, -0.25) is 9.36 Å². The minimum Gasteiger partial charge on any atom is -0.455 e. The summed E-state index contributed by atoms with van der Waals surface area (Å²) >= 11 is 0. The second-order valence-corrected chi connectivity index (χ2v) is 11.7. The molecule has 2 aliphatic rings. The molecule has 2 aromatic rings. The summed E-state index contributed by atoms with van der Waals surface area (Å²) < 4.78 is 29.4. The molecule has 16 heteroatoms. The number of imidazole rings is 1. The van der Waals surface area contributed by atoms with Gasteiger partial charge in [-0.2, -0.15) is 0 Å². The number of hydrogen-bond acceptors (Lipinski definition) is 14. The number of aromatic amines is 1. The van der Waals surface area contributed by atoms with E-state index in [0.717, 1.165) is 18.9 Å². The number of H-pyrrole nitrogens is 1. The fourth-order valence-corrected chi connectivity index (χ4v) is 5.28. The molecule has 2 aliphatic heterocycles. The van der Waals surface area contributed by atoms with Crippen molar-refractivity contribution >= 4 is 23.1 Å². The van der Waals surface area contributed by atoms with Crippen LogP contribution in [0.25, 0.3) is 11.2 Å². The summed E-state index contributed by atoms with van der Waals surface area (Å²) in [6.07, 6.45) is 8.75. The second-order valence-electron chi connectivity index (χ2n) is 11.7. The molecule has 16 nitrogen and oxygen atoms in total. The topological polar surface area (TPSA) is 225 Å². The lowest BCUT2D eigenvalue weighted by Gasteiger charge is -2.41. The van der Waals surface area contributed by atoms with Gasteiger partial charge >= 0.3 is 11.9 Å². The smallest absolute Gasteiger partial charge is 0.331 e. The molecular weight excluding hydrogens is 656 g/mol. The summed E-state index contributed by atoms with van der Waals surface area (Å²) in [5.41, 5.74) is -0.378. The predicted octanol–water partition coefficient (Wildman–Crippen LogP) is 1.04. The van der Waals surface area contributed by atoms with E-state index in [4.69, 9.17) is 23.7 Å². The van der Waals surface area contributed by atoms with Crippen LogP contribution in [0.2, 0.25) is 0 Å². The number of nitrogens with one attached hydrogen (secondary N) is 1. The van der Waals surface area contributed by atoms with E-state index in [-0.39, 0.29) is 11.2 Å². The van der Waals surface area contributed by atoms with Gasteiger partial charge in [0.05, 0.1) is 25.4 Å². The lowest BCUT2D eigenvalue weighted by molar-refractivity contribution is -0.314. The van der Waals surface area contributed by atoms with Crippen LogP contribution in [0, 0.1) is 0 Å². The molecule has 0 spiro atoms. The van der Waals surface area contributed by atoms with Crippen molar-refractivity contribution in [1.82, 2.24) is 19.5 Å². The Morgan fingerprint density at radius 3 is 2.48 bits per heavy atom. The number of carbonyl (C=O) groups is 2. The summed E-state index contributed by atoms with van der Waals surface area (Å²) in [4.78, 5) is 47.0. The molecule has 0 bridgehead atoms. The highest BCUT2D eigenvalue weighted by molar-refractivity contribution is 5.83. The Labute approximate surface area is 288 Å². The third-order valence-electron chi connectivity index (χ3n) is 7.85. The van der Waals surface area contributed by atoms with Gasteiger partial charge in [0.15, 0.2) is 29.8 Å². The number of unbranched alkanes of at least 4 members (excludes halogenated alkanes) is 1. The molecule has 4 heterocycles. The highest BCUT2D eigenvalue weighted by Crippen LogP contribution is 2.36.